The minimum absolute atomic E-state index is 0.0237. The van der Waals surface area contributed by atoms with Crippen molar-refractivity contribution in [3.05, 3.63) is 82.4 Å². The minimum atomic E-state index is -0.720. The van der Waals surface area contributed by atoms with Gasteiger partial charge in [0.2, 0.25) is 5.78 Å². The van der Waals surface area contributed by atoms with E-state index in [-0.39, 0.29) is 22.6 Å². The molecule has 0 spiro atoms. The first-order valence-electron chi connectivity index (χ1n) is 6.26. The molecular weight excluding hydrogens is 286 g/mol. The number of para-hydroxylation sites is 2. The molecule has 0 saturated heterocycles. The average Bonchev–Trinajstić information content (AvgIpc) is 2.54. The molecule has 6 nitrogen and oxygen atoms in total. The van der Waals surface area contributed by atoms with Gasteiger partial charge in [0.1, 0.15) is 11.3 Å². The Morgan fingerprint density at radius 1 is 1.05 bits per heavy atom. The second-order valence-corrected chi connectivity index (χ2v) is 4.22. The van der Waals surface area contributed by atoms with Crippen molar-refractivity contribution in [3.8, 4) is 5.75 Å². The van der Waals surface area contributed by atoms with Crippen LogP contribution in [0.3, 0.4) is 0 Å². The van der Waals surface area contributed by atoms with E-state index >= 15 is 0 Å². The highest BCUT2D eigenvalue weighted by Gasteiger charge is 2.23. The molecule has 0 atom stereocenters. The molecule has 0 aromatic heterocycles. The van der Waals surface area contributed by atoms with Crippen LogP contribution in [0, 0.1) is 10.1 Å². The van der Waals surface area contributed by atoms with Crippen molar-refractivity contribution in [2.24, 2.45) is 0 Å². The van der Waals surface area contributed by atoms with E-state index in [2.05, 4.69) is 6.58 Å². The van der Waals surface area contributed by atoms with Gasteiger partial charge in [0.05, 0.1) is 10.5 Å². The van der Waals surface area contributed by atoms with Gasteiger partial charge in [-0.25, -0.2) is 4.79 Å². The fourth-order valence-corrected chi connectivity index (χ4v) is 1.86. The summed E-state index contributed by atoms with van der Waals surface area (Å²) in [6.07, 6.45) is 0.965. The highest BCUT2D eigenvalue weighted by Crippen LogP contribution is 2.26. The first-order chi connectivity index (χ1) is 10.5. The van der Waals surface area contributed by atoms with E-state index in [0.29, 0.717) is 0 Å². The van der Waals surface area contributed by atoms with Crippen molar-refractivity contribution < 1.29 is 19.2 Å². The van der Waals surface area contributed by atoms with Crippen LogP contribution in [-0.2, 0) is 4.79 Å². The number of carbonyl (C=O) groups is 2. The normalized spacial score (nSPS) is 9.82. The van der Waals surface area contributed by atoms with Gasteiger partial charge in [-0.1, -0.05) is 30.8 Å². The maximum Gasteiger partial charge on any atom is 0.335 e. The average molecular weight is 297 g/mol. The molecule has 2 rings (SSSR count). The molecule has 0 unspecified atom stereocenters. The number of esters is 1. The summed E-state index contributed by atoms with van der Waals surface area (Å²) in [6.45, 7) is 3.28. The lowest BCUT2D eigenvalue weighted by molar-refractivity contribution is -0.385. The summed E-state index contributed by atoms with van der Waals surface area (Å²) in [7, 11) is 0. The molecule has 110 valence electrons. The first kappa shape index (κ1) is 15.1. The lowest BCUT2D eigenvalue weighted by Gasteiger charge is -2.08. The molecule has 2 aromatic rings. The van der Waals surface area contributed by atoms with Crippen LogP contribution in [0.15, 0.2) is 61.2 Å². The van der Waals surface area contributed by atoms with Crippen LogP contribution in [-0.4, -0.2) is 16.7 Å². The SMILES string of the molecule is C=CC(=O)Oc1ccccc1C(=O)c1ccccc1[N+](=O)[O-]. The van der Waals surface area contributed by atoms with E-state index in [1.165, 1.54) is 36.4 Å². The number of hydrogen-bond donors (Lipinski definition) is 0. The molecule has 0 bridgehead atoms. The third-order valence-corrected chi connectivity index (χ3v) is 2.85. The third kappa shape index (κ3) is 3.06. The Labute approximate surface area is 125 Å². The Morgan fingerprint density at radius 3 is 2.27 bits per heavy atom. The first-order valence-corrected chi connectivity index (χ1v) is 6.26. The van der Waals surface area contributed by atoms with Crippen molar-refractivity contribution in [3.63, 3.8) is 0 Å². The van der Waals surface area contributed by atoms with E-state index in [9.17, 15) is 19.7 Å². The minimum Gasteiger partial charge on any atom is -0.423 e. The molecule has 0 aliphatic heterocycles. The topological polar surface area (TPSA) is 86.5 Å². The van der Waals surface area contributed by atoms with Crippen molar-refractivity contribution in [2.75, 3.05) is 0 Å². The molecule has 22 heavy (non-hydrogen) atoms. The van der Waals surface area contributed by atoms with Gasteiger partial charge in [-0.15, -0.1) is 0 Å². The van der Waals surface area contributed by atoms with Gasteiger partial charge >= 0.3 is 5.97 Å². The summed E-state index contributed by atoms with van der Waals surface area (Å²) in [5, 5.41) is 11.0. The van der Waals surface area contributed by atoms with Gasteiger partial charge in [-0.05, 0) is 18.2 Å². The third-order valence-electron chi connectivity index (χ3n) is 2.85. The largest absolute Gasteiger partial charge is 0.423 e. The second kappa shape index (κ2) is 6.45. The molecule has 0 N–H and O–H groups in total. The van der Waals surface area contributed by atoms with Crippen LogP contribution >= 0.6 is 0 Å². The van der Waals surface area contributed by atoms with Crippen molar-refractivity contribution >= 4 is 17.4 Å². The van der Waals surface area contributed by atoms with Gasteiger partial charge < -0.3 is 4.74 Å². The predicted octanol–water partition coefficient (Wildman–Crippen LogP) is 2.92. The van der Waals surface area contributed by atoms with Crippen molar-refractivity contribution in [1.82, 2.24) is 0 Å². The summed E-state index contributed by atoms with van der Waals surface area (Å²) in [6, 6.07) is 11.6. The number of nitro benzene ring substituents is 1. The van der Waals surface area contributed by atoms with E-state index < -0.39 is 16.7 Å². The Hall–Kier alpha value is -3.28. The number of rotatable bonds is 5. The Morgan fingerprint density at radius 2 is 1.64 bits per heavy atom. The highest BCUT2D eigenvalue weighted by molar-refractivity contribution is 6.13. The van der Waals surface area contributed by atoms with Crippen LogP contribution in [0.2, 0.25) is 0 Å². The Kier molecular flexibility index (Phi) is 4.43. The molecule has 0 amide bonds. The number of carbonyl (C=O) groups excluding carboxylic acids is 2. The maximum absolute atomic E-state index is 12.5. The number of nitro groups is 1. The predicted molar refractivity (Wildman–Crippen MR) is 78.8 cm³/mol. The molecule has 6 heteroatoms. The number of ether oxygens (including phenoxy) is 1. The van der Waals surface area contributed by atoms with E-state index in [4.69, 9.17) is 4.74 Å². The molecule has 0 aliphatic carbocycles. The second-order valence-electron chi connectivity index (χ2n) is 4.22. The van der Waals surface area contributed by atoms with Gasteiger partial charge in [-0.3, -0.25) is 14.9 Å². The smallest absolute Gasteiger partial charge is 0.335 e. The van der Waals surface area contributed by atoms with Crippen LogP contribution in [0.5, 0.6) is 5.75 Å². The summed E-state index contributed by atoms with van der Waals surface area (Å²) in [5.74, 6) is -1.29. The molecule has 2 aromatic carbocycles. The lowest BCUT2D eigenvalue weighted by Crippen LogP contribution is -2.10. The van der Waals surface area contributed by atoms with Crippen LogP contribution in [0.4, 0.5) is 5.69 Å². The van der Waals surface area contributed by atoms with Crippen molar-refractivity contribution in [2.45, 2.75) is 0 Å². The monoisotopic (exact) mass is 297 g/mol. The highest BCUT2D eigenvalue weighted by atomic mass is 16.6. The Balaban J connectivity index is 2.49. The molecule has 0 saturated carbocycles. The summed E-state index contributed by atoms with van der Waals surface area (Å²) >= 11 is 0. The fraction of sp³-hybridized carbons (Fsp3) is 0. The molecule has 0 aliphatic rings. The fourth-order valence-electron chi connectivity index (χ4n) is 1.86. The summed E-state index contributed by atoms with van der Waals surface area (Å²) in [5.41, 5.74) is -0.320. The van der Waals surface area contributed by atoms with Gasteiger partial charge in [0.15, 0.2) is 0 Å². The molecular formula is C16H11NO5. The Bertz CT molecular complexity index is 767. The van der Waals surface area contributed by atoms with Gasteiger partial charge in [0, 0.05) is 12.1 Å². The van der Waals surface area contributed by atoms with Crippen LogP contribution in [0.1, 0.15) is 15.9 Å². The standard InChI is InChI=1S/C16H11NO5/c1-2-15(18)22-14-10-6-4-8-12(14)16(19)11-7-3-5-9-13(11)17(20)21/h2-10H,1H2. The maximum atomic E-state index is 12.5. The zero-order valence-electron chi connectivity index (χ0n) is 11.4. The lowest BCUT2D eigenvalue weighted by atomic mass is 10.0. The van der Waals surface area contributed by atoms with Crippen LogP contribution < -0.4 is 4.74 Å². The van der Waals surface area contributed by atoms with E-state index in [1.807, 2.05) is 0 Å². The van der Waals surface area contributed by atoms with Gasteiger partial charge in [-0.2, -0.15) is 0 Å². The number of hydrogen-bond acceptors (Lipinski definition) is 5. The molecule has 0 fully saturated rings. The molecule has 0 heterocycles. The summed E-state index contributed by atoms with van der Waals surface area (Å²) < 4.78 is 4.99. The zero-order chi connectivity index (χ0) is 16.1. The quantitative estimate of drug-likeness (QED) is 0.211. The number of benzene rings is 2. The molecule has 0 radical (unpaired) electrons. The summed E-state index contributed by atoms with van der Waals surface area (Å²) in [4.78, 5) is 34.2. The van der Waals surface area contributed by atoms with Crippen molar-refractivity contribution in [1.29, 1.82) is 0 Å². The number of nitrogens with zero attached hydrogens (tertiary/aromatic N) is 1. The van der Waals surface area contributed by atoms with E-state index in [1.54, 1.807) is 12.1 Å². The number of ketones is 1. The van der Waals surface area contributed by atoms with Gasteiger partial charge in [0.25, 0.3) is 5.69 Å². The van der Waals surface area contributed by atoms with Crippen LogP contribution in [0.25, 0.3) is 0 Å². The zero-order valence-corrected chi connectivity index (χ0v) is 11.4. The van der Waals surface area contributed by atoms with E-state index in [0.717, 1.165) is 6.08 Å².